The van der Waals surface area contributed by atoms with Crippen molar-refractivity contribution in [3.8, 4) is 0 Å². The Hall–Kier alpha value is -1.58. The van der Waals surface area contributed by atoms with Gasteiger partial charge in [-0.1, -0.05) is 5.16 Å². The Morgan fingerprint density at radius 2 is 2.45 bits per heavy atom. The predicted octanol–water partition coefficient (Wildman–Crippen LogP) is 0.919. The first-order valence-electron chi connectivity index (χ1n) is 3.32. The topological polar surface area (TPSA) is 43.9 Å². The Bertz CT molecular complexity index is 266. The lowest BCUT2D eigenvalue weighted by molar-refractivity contribution is 0.371. The van der Waals surface area contributed by atoms with Gasteiger partial charge in [0.05, 0.1) is 6.20 Å². The largest absolute Gasteiger partial charge is 0.359 e. The van der Waals surface area contributed by atoms with Crippen molar-refractivity contribution >= 4 is 0 Å². The second-order valence-corrected chi connectivity index (χ2v) is 2.18. The van der Waals surface area contributed by atoms with Crippen LogP contribution in [0.5, 0.6) is 0 Å². The number of nitrogens with zero attached hydrogens (tertiary/aromatic N) is 3. The van der Waals surface area contributed by atoms with Crippen LogP contribution in [0, 0.1) is 0 Å². The first-order chi connectivity index (χ1) is 5.45. The molecule has 0 amide bonds. The van der Waals surface area contributed by atoms with E-state index in [1.165, 1.54) is 0 Å². The zero-order valence-electron chi connectivity index (χ0n) is 5.84. The van der Waals surface area contributed by atoms with Gasteiger partial charge in [-0.15, -0.1) is 0 Å². The normalized spacial score (nSPS) is 10.2. The molecule has 56 valence electrons. The van der Waals surface area contributed by atoms with Gasteiger partial charge in [-0.25, -0.2) is 0 Å². The van der Waals surface area contributed by atoms with Crippen LogP contribution in [0.25, 0.3) is 0 Å². The van der Waals surface area contributed by atoms with Crippen molar-refractivity contribution in [1.29, 1.82) is 0 Å². The van der Waals surface area contributed by atoms with E-state index in [4.69, 9.17) is 4.52 Å². The molecule has 0 aliphatic rings. The molecule has 0 N–H and O–H groups in total. The molecule has 2 heterocycles. The molecule has 0 aliphatic heterocycles. The molecule has 11 heavy (non-hydrogen) atoms. The van der Waals surface area contributed by atoms with Crippen molar-refractivity contribution in [2.75, 3.05) is 0 Å². The molecule has 0 aromatic carbocycles. The summed E-state index contributed by atoms with van der Waals surface area (Å²) in [4.78, 5) is 0. The van der Waals surface area contributed by atoms with Crippen LogP contribution in [0.2, 0.25) is 0 Å². The summed E-state index contributed by atoms with van der Waals surface area (Å²) in [5.74, 6) is 0.814. The maximum absolute atomic E-state index is 4.90. The summed E-state index contributed by atoms with van der Waals surface area (Å²) in [5, 5.41) is 7.61. The van der Waals surface area contributed by atoms with Crippen LogP contribution < -0.4 is 0 Å². The minimum Gasteiger partial charge on any atom is -0.359 e. The summed E-state index contributed by atoms with van der Waals surface area (Å²) in [6.45, 7) is 0.646. The van der Waals surface area contributed by atoms with Crippen LogP contribution in [0.3, 0.4) is 0 Å². The third-order valence-corrected chi connectivity index (χ3v) is 1.37. The van der Waals surface area contributed by atoms with E-state index in [2.05, 4.69) is 10.3 Å². The van der Waals surface area contributed by atoms with Crippen LogP contribution in [0.4, 0.5) is 0 Å². The summed E-state index contributed by atoms with van der Waals surface area (Å²) in [5.41, 5.74) is 0. The highest BCUT2D eigenvalue weighted by Crippen LogP contribution is 1.98. The molecule has 0 spiro atoms. The molecule has 2 rings (SSSR count). The maximum atomic E-state index is 4.90. The van der Waals surface area contributed by atoms with E-state index in [1.807, 2.05) is 18.3 Å². The molecule has 4 heteroatoms. The molecule has 2 aromatic heterocycles. The number of hydrogen-bond donors (Lipinski definition) is 0. The van der Waals surface area contributed by atoms with E-state index in [-0.39, 0.29) is 0 Å². The molecular weight excluding hydrogens is 142 g/mol. The van der Waals surface area contributed by atoms with Crippen molar-refractivity contribution in [3.63, 3.8) is 0 Å². The van der Waals surface area contributed by atoms with Gasteiger partial charge >= 0.3 is 0 Å². The van der Waals surface area contributed by atoms with E-state index >= 15 is 0 Å². The van der Waals surface area contributed by atoms with Gasteiger partial charge in [0.2, 0.25) is 0 Å². The van der Waals surface area contributed by atoms with Gasteiger partial charge < -0.3 is 4.52 Å². The Morgan fingerprint density at radius 1 is 1.45 bits per heavy atom. The van der Waals surface area contributed by atoms with Crippen molar-refractivity contribution in [2.45, 2.75) is 6.54 Å². The molecule has 0 aliphatic carbocycles. The number of hydrogen-bond acceptors (Lipinski definition) is 3. The fraction of sp³-hybridized carbons (Fsp3) is 0.143. The van der Waals surface area contributed by atoms with E-state index in [0.717, 1.165) is 5.76 Å². The van der Waals surface area contributed by atoms with Crippen molar-refractivity contribution in [3.05, 3.63) is 36.5 Å². The van der Waals surface area contributed by atoms with E-state index in [1.54, 1.807) is 17.1 Å². The third-order valence-electron chi connectivity index (χ3n) is 1.37. The monoisotopic (exact) mass is 149 g/mol. The summed E-state index contributed by atoms with van der Waals surface area (Å²) in [7, 11) is 0. The lowest BCUT2D eigenvalue weighted by Gasteiger charge is -1.93. The second-order valence-electron chi connectivity index (χ2n) is 2.18. The van der Waals surface area contributed by atoms with Gasteiger partial charge in [-0.05, 0) is 6.07 Å². The predicted molar refractivity (Wildman–Crippen MR) is 37.8 cm³/mol. The van der Waals surface area contributed by atoms with Gasteiger partial charge in [-0.2, -0.15) is 5.10 Å². The summed E-state index contributed by atoms with van der Waals surface area (Å²) in [6, 6.07) is 3.69. The number of aromatic nitrogens is 3. The standard InChI is InChI=1S/C7H7N3O/c1-3-8-10(5-1)6-7-2-4-9-11-7/h1-5H,6H2. The molecule has 0 bridgehead atoms. The SMILES string of the molecule is c1cnn(Cc2ccno2)c1. The first kappa shape index (κ1) is 6.15. The molecule has 0 unspecified atom stereocenters. The highest BCUT2D eigenvalue weighted by molar-refractivity contribution is 4.94. The Labute approximate surface area is 63.4 Å². The average Bonchev–Trinajstić information content (AvgIpc) is 2.60. The lowest BCUT2D eigenvalue weighted by atomic mass is 10.5. The molecule has 4 nitrogen and oxygen atoms in total. The van der Waals surface area contributed by atoms with E-state index in [0.29, 0.717) is 6.54 Å². The quantitative estimate of drug-likeness (QED) is 0.637. The minimum atomic E-state index is 0.646. The highest BCUT2D eigenvalue weighted by atomic mass is 16.5. The molecule has 0 saturated heterocycles. The van der Waals surface area contributed by atoms with Crippen LogP contribution in [-0.2, 0) is 6.54 Å². The fourth-order valence-corrected chi connectivity index (χ4v) is 0.877. The van der Waals surface area contributed by atoms with Crippen LogP contribution in [0.15, 0.2) is 35.2 Å². The second kappa shape index (κ2) is 2.57. The maximum Gasteiger partial charge on any atom is 0.158 e. The van der Waals surface area contributed by atoms with Crippen molar-refractivity contribution < 1.29 is 4.52 Å². The van der Waals surface area contributed by atoms with Crippen molar-refractivity contribution in [2.24, 2.45) is 0 Å². The Morgan fingerprint density at radius 3 is 3.09 bits per heavy atom. The number of rotatable bonds is 2. The average molecular weight is 149 g/mol. The minimum absolute atomic E-state index is 0.646. The molecule has 2 aromatic rings. The summed E-state index contributed by atoms with van der Waals surface area (Å²) < 4.78 is 6.67. The zero-order valence-corrected chi connectivity index (χ0v) is 5.84. The zero-order chi connectivity index (χ0) is 7.52. The first-order valence-corrected chi connectivity index (χ1v) is 3.32. The van der Waals surface area contributed by atoms with Crippen LogP contribution in [0.1, 0.15) is 5.76 Å². The van der Waals surface area contributed by atoms with Gasteiger partial charge in [-0.3, -0.25) is 4.68 Å². The lowest BCUT2D eigenvalue weighted by Crippen LogP contribution is -1.97. The molecular formula is C7H7N3O. The van der Waals surface area contributed by atoms with Gasteiger partial charge in [0.25, 0.3) is 0 Å². The van der Waals surface area contributed by atoms with Gasteiger partial charge in [0.1, 0.15) is 6.54 Å². The smallest absolute Gasteiger partial charge is 0.158 e. The van der Waals surface area contributed by atoms with Crippen LogP contribution >= 0.6 is 0 Å². The van der Waals surface area contributed by atoms with Crippen molar-refractivity contribution in [1.82, 2.24) is 14.9 Å². The molecule has 0 saturated carbocycles. The van der Waals surface area contributed by atoms with E-state index in [9.17, 15) is 0 Å². The summed E-state index contributed by atoms with van der Waals surface area (Å²) in [6.07, 6.45) is 5.23. The molecule has 0 fully saturated rings. The summed E-state index contributed by atoms with van der Waals surface area (Å²) >= 11 is 0. The Kier molecular flexibility index (Phi) is 1.44. The highest BCUT2D eigenvalue weighted by Gasteiger charge is 1.96. The Balaban J connectivity index is 2.14. The van der Waals surface area contributed by atoms with Gasteiger partial charge in [0.15, 0.2) is 5.76 Å². The van der Waals surface area contributed by atoms with Gasteiger partial charge in [0, 0.05) is 18.5 Å². The molecule has 0 radical (unpaired) electrons. The van der Waals surface area contributed by atoms with Crippen LogP contribution in [-0.4, -0.2) is 14.9 Å². The van der Waals surface area contributed by atoms with E-state index < -0.39 is 0 Å². The third kappa shape index (κ3) is 1.29. The molecule has 0 atom stereocenters. The fourth-order valence-electron chi connectivity index (χ4n) is 0.877.